The predicted molar refractivity (Wildman–Crippen MR) is 92.4 cm³/mol. The Balaban J connectivity index is 1.44. The van der Waals surface area contributed by atoms with Crippen LogP contribution in [0.1, 0.15) is 31.2 Å². The van der Waals surface area contributed by atoms with Crippen molar-refractivity contribution in [1.82, 2.24) is 14.8 Å². The first-order chi connectivity index (χ1) is 11.8. The molecule has 0 aliphatic carbocycles. The molecule has 0 saturated carbocycles. The van der Waals surface area contributed by atoms with Gasteiger partial charge in [0, 0.05) is 32.4 Å². The Hall–Kier alpha value is -2.13. The number of hydrogen-bond acceptors (Lipinski definition) is 5. The zero-order chi connectivity index (χ0) is 16.8. The molecule has 3 rings (SSSR count). The molecule has 2 fully saturated rings. The van der Waals surface area contributed by atoms with Crippen LogP contribution in [0.25, 0.3) is 0 Å². The number of amides is 1. The lowest BCUT2D eigenvalue weighted by Gasteiger charge is -2.28. The number of carbonyl (C=O) groups is 1. The molecule has 6 nitrogen and oxygen atoms in total. The summed E-state index contributed by atoms with van der Waals surface area (Å²) in [6.45, 7) is 5.09. The fourth-order valence-electron chi connectivity index (χ4n) is 3.54. The summed E-state index contributed by atoms with van der Waals surface area (Å²) < 4.78 is 0. The Morgan fingerprint density at radius 2 is 2.17 bits per heavy atom. The van der Waals surface area contributed by atoms with E-state index in [1.54, 1.807) is 18.3 Å². The molecule has 1 amide bonds. The van der Waals surface area contributed by atoms with Gasteiger partial charge < -0.3 is 10.2 Å². The summed E-state index contributed by atoms with van der Waals surface area (Å²) in [6.07, 6.45) is 6.31. The average molecular weight is 327 g/mol. The van der Waals surface area contributed by atoms with Gasteiger partial charge in [-0.25, -0.2) is 4.98 Å². The molecule has 1 aromatic rings. The molecule has 6 heteroatoms. The number of rotatable bonds is 5. The second-order valence-electron chi connectivity index (χ2n) is 6.72. The normalized spacial score (nSPS) is 21.5. The number of piperidine rings is 1. The van der Waals surface area contributed by atoms with Crippen LogP contribution in [0.15, 0.2) is 18.3 Å². The number of aromatic nitrogens is 1. The summed E-state index contributed by atoms with van der Waals surface area (Å²) in [5.74, 6) is 1.43. The molecule has 3 heterocycles. The number of pyridine rings is 1. The first-order valence-electron chi connectivity index (χ1n) is 8.85. The van der Waals surface area contributed by atoms with Crippen LogP contribution >= 0.6 is 0 Å². The van der Waals surface area contributed by atoms with Crippen LogP contribution < -0.4 is 5.32 Å². The van der Waals surface area contributed by atoms with Crippen molar-refractivity contribution in [3.8, 4) is 6.07 Å². The zero-order valence-corrected chi connectivity index (χ0v) is 14.1. The van der Waals surface area contributed by atoms with Gasteiger partial charge in [-0.1, -0.05) is 0 Å². The number of nitrogens with one attached hydrogen (secondary N) is 1. The fraction of sp³-hybridized carbons (Fsp3) is 0.611. The molecule has 1 atom stereocenters. The third kappa shape index (κ3) is 4.24. The minimum Gasteiger partial charge on any atom is -0.369 e. The Kier molecular flexibility index (Phi) is 5.65. The smallest absolute Gasteiger partial charge is 0.236 e. The van der Waals surface area contributed by atoms with Crippen molar-refractivity contribution in [1.29, 1.82) is 5.26 Å². The van der Waals surface area contributed by atoms with Crippen LogP contribution in [0.4, 0.5) is 5.82 Å². The van der Waals surface area contributed by atoms with E-state index in [0.29, 0.717) is 23.8 Å². The van der Waals surface area contributed by atoms with Crippen molar-refractivity contribution in [2.45, 2.75) is 25.7 Å². The van der Waals surface area contributed by atoms with Gasteiger partial charge in [0.25, 0.3) is 0 Å². The molecule has 2 saturated heterocycles. The van der Waals surface area contributed by atoms with Crippen LogP contribution in [-0.4, -0.2) is 60.0 Å². The van der Waals surface area contributed by atoms with Crippen molar-refractivity contribution in [2.75, 3.05) is 44.6 Å². The van der Waals surface area contributed by atoms with Crippen molar-refractivity contribution >= 4 is 11.7 Å². The van der Waals surface area contributed by atoms with Crippen molar-refractivity contribution < 1.29 is 4.79 Å². The van der Waals surface area contributed by atoms with E-state index >= 15 is 0 Å². The first kappa shape index (κ1) is 16.7. The number of nitrogens with zero attached hydrogens (tertiary/aromatic N) is 4. The number of carbonyl (C=O) groups excluding carboxylic acids is 1. The second kappa shape index (κ2) is 8.11. The topological polar surface area (TPSA) is 72.3 Å². The Labute approximate surface area is 143 Å². The molecule has 24 heavy (non-hydrogen) atoms. The Bertz CT molecular complexity index is 606. The van der Waals surface area contributed by atoms with E-state index in [2.05, 4.69) is 21.3 Å². The summed E-state index contributed by atoms with van der Waals surface area (Å²) in [7, 11) is 0. The molecule has 0 spiro atoms. The number of hydrogen-bond donors (Lipinski definition) is 1. The highest BCUT2D eigenvalue weighted by molar-refractivity contribution is 5.78. The fourth-order valence-corrected chi connectivity index (χ4v) is 3.54. The van der Waals surface area contributed by atoms with Crippen LogP contribution in [0.5, 0.6) is 0 Å². The molecule has 0 unspecified atom stereocenters. The van der Waals surface area contributed by atoms with E-state index in [1.807, 2.05) is 4.90 Å². The van der Waals surface area contributed by atoms with Crippen molar-refractivity contribution in [3.05, 3.63) is 23.9 Å². The van der Waals surface area contributed by atoms with Crippen LogP contribution in [0, 0.1) is 17.2 Å². The molecule has 2 aliphatic heterocycles. The molecule has 1 aromatic heterocycles. The number of anilines is 1. The summed E-state index contributed by atoms with van der Waals surface area (Å²) in [4.78, 5) is 20.9. The molecular weight excluding hydrogens is 302 g/mol. The van der Waals surface area contributed by atoms with Crippen LogP contribution in [0.3, 0.4) is 0 Å². The predicted octanol–water partition coefficient (Wildman–Crippen LogP) is 1.70. The number of nitriles is 1. The van der Waals surface area contributed by atoms with E-state index < -0.39 is 0 Å². The maximum atomic E-state index is 12.3. The van der Waals surface area contributed by atoms with Crippen molar-refractivity contribution in [2.24, 2.45) is 5.92 Å². The standard InChI is InChI=1S/C18H25N5O/c19-11-16-5-4-7-20-18(16)21-12-15-6-10-22(13-15)14-17(24)23-8-2-1-3-9-23/h4-5,7,15H,1-3,6,8-10,12-14H2,(H,20,21)/t15-/m1/s1. The SMILES string of the molecule is N#Cc1cccnc1NC[C@H]1CCN(CC(=O)N2CCCCC2)C1. The van der Waals surface area contributed by atoms with E-state index in [4.69, 9.17) is 5.26 Å². The summed E-state index contributed by atoms with van der Waals surface area (Å²) in [6, 6.07) is 5.70. The lowest BCUT2D eigenvalue weighted by atomic mass is 10.1. The van der Waals surface area contributed by atoms with E-state index in [9.17, 15) is 4.79 Å². The highest BCUT2D eigenvalue weighted by atomic mass is 16.2. The number of likely N-dealkylation sites (tertiary alicyclic amines) is 2. The van der Waals surface area contributed by atoms with Gasteiger partial charge in [0.05, 0.1) is 12.1 Å². The highest BCUT2D eigenvalue weighted by Crippen LogP contribution is 2.18. The molecule has 128 valence electrons. The monoisotopic (exact) mass is 327 g/mol. The summed E-state index contributed by atoms with van der Waals surface area (Å²) in [5.41, 5.74) is 0.577. The minimum absolute atomic E-state index is 0.278. The highest BCUT2D eigenvalue weighted by Gasteiger charge is 2.26. The molecule has 2 aliphatic rings. The van der Waals surface area contributed by atoms with Gasteiger partial charge in [-0.3, -0.25) is 9.69 Å². The van der Waals surface area contributed by atoms with Crippen molar-refractivity contribution in [3.63, 3.8) is 0 Å². The zero-order valence-electron chi connectivity index (χ0n) is 14.1. The van der Waals surface area contributed by atoms with E-state index in [1.165, 1.54) is 6.42 Å². The maximum absolute atomic E-state index is 12.3. The molecule has 0 bridgehead atoms. The lowest BCUT2D eigenvalue weighted by Crippen LogP contribution is -2.42. The van der Waals surface area contributed by atoms with Gasteiger partial charge in [0.1, 0.15) is 11.9 Å². The van der Waals surface area contributed by atoms with Crippen LogP contribution in [0.2, 0.25) is 0 Å². The van der Waals surface area contributed by atoms with Crippen LogP contribution in [-0.2, 0) is 4.79 Å². The molecule has 1 N–H and O–H groups in total. The largest absolute Gasteiger partial charge is 0.369 e. The Morgan fingerprint density at radius 1 is 1.33 bits per heavy atom. The molecule has 0 radical (unpaired) electrons. The lowest BCUT2D eigenvalue weighted by molar-refractivity contribution is -0.133. The van der Waals surface area contributed by atoms with Gasteiger partial charge >= 0.3 is 0 Å². The quantitative estimate of drug-likeness (QED) is 0.891. The van der Waals surface area contributed by atoms with E-state index in [0.717, 1.165) is 52.0 Å². The molecular formula is C18H25N5O. The second-order valence-corrected chi connectivity index (χ2v) is 6.72. The summed E-state index contributed by atoms with van der Waals surface area (Å²) >= 11 is 0. The van der Waals surface area contributed by atoms with Gasteiger partial charge in [-0.2, -0.15) is 5.26 Å². The van der Waals surface area contributed by atoms with Gasteiger partial charge in [-0.05, 0) is 50.3 Å². The minimum atomic E-state index is 0.278. The third-order valence-electron chi connectivity index (χ3n) is 4.92. The maximum Gasteiger partial charge on any atom is 0.236 e. The van der Waals surface area contributed by atoms with Gasteiger partial charge in [0.15, 0.2) is 0 Å². The average Bonchev–Trinajstić information content (AvgIpc) is 3.08. The summed E-state index contributed by atoms with van der Waals surface area (Å²) in [5, 5.41) is 12.4. The Morgan fingerprint density at radius 3 is 2.96 bits per heavy atom. The molecule has 0 aromatic carbocycles. The first-order valence-corrected chi connectivity index (χ1v) is 8.85. The van der Waals surface area contributed by atoms with E-state index in [-0.39, 0.29) is 5.91 Å². The van der Waals surface area contributed by atoms with Gasteiger partial charge in [-0.15, -0.1) is 0 Å². The third-order valence-corrected chi connectivity index (χ3v) is 4.92. The van der Waals surface area contributed by atoms with Gasteiger partial charge in [0.2, 0.25) is 5.91 Å².